The van der Waals surface area contributed by atoms with Crippen LogP contribution in [0.5, 0.6) is 0 Å². The molecule has 0 aliphatic heterocycles. The van der Waals surface area contributed by atoms with Gasteiger partial charge in [-0.2, -0.15) is 0 Å². The molecule has 0 heterocycles. The minimum absolute atomic E-state index is 0.0368. The van der Waals surface area contributed by atoms with Crippen molar-refractivity contribution in [2.24, 2.45) is 11.7 Å². The van der Waals surface area contributed by atoms with Gasteiger partial charge in [-0.1, -0.05) is 32.1 Å². The Bertz CT molecular complexity index is 285. The van der Waals surface area contributed by atoms with Gasteiger partial charge in [0.2, 0.25) is 5.91 Å². The molecule has 19 heavy (non-hydrogen) atoms. The molecule has 0 saturated heterocycles. The van der Waals surface area contributed by atoms with Gasteiger partial charge in [0, 0.05) is 19.1 Å². The van der Waals surface area contributed by atoms with Gasteiger partial charge in [0.1, 0.15) is 0 Å². The van der Waals surface area contributed by atoms with E-state index in [4.69, 9.17) is 5.73 Å². The number of hydrogen-bond donors (Lipinski definition) is 2. The quantitative estimate of drug-likeness (QED) is 0.735. The number of amides is 1. The molecular formula is C15H29N3O. The summed E-state index contributed by atoms with van der Waals surface area (Å²) < 4.78 is 0. The van der Waals surface area contributed by atoms with Crippen molar-refractivity contribution in [3.63, 3.8) is 0 Å². The summed E-state index contributed by atoms with van der Waals surface area (Å²) in [5, 5.41) is 2.98. The van der Waals surface area contributed by atoms with Gasteiger partial charge in [-0.05, 0) is 32.2 Å². The number of nitrogens with zero attached hydrogens (tertiary/aromatic N) is 1. The molecule has 4 heteroatoms. The Balaban J connectivity index is 1.58. The van der Waals surface area contributed by atoms with Crippen molar-refractivity contribution in [3.05, 3.63) is 0 Å². The minimum Gasteiger partial charge on any atom is -0.353 e. The fraction of sp³-hybridized carbons (Fsp3) is 0.933. The lowest BCUT2D eigenvalue weighted by Crippen LogP contribution is -2.44. The average molecular weight is 267 g/mol. The molecule has 0 spiro atoms. The van der Waals surface area contributed by atoms with Crippen LogP contribution in [0.1, 0.15) is 51.4 Å². The summed E-state index contributed by atoms with van der Waals surface area (Å²) in [6.07, 6.45) is 9.97. The zero-order valence-electron chi connectivity index (χ0n) is 12.2. The van der Waals surface area contributed by atoms with E-state index in [1.54, 1.807) is 0 Å². The molecule has 0 aromatic heterocycles. The molecule has 2 aliphatic carbocycles. The van der Waals surface area contributed by atoms with Gasteiger partial charge in [-0.25, -0.2) is 0 Å². The van der Waals surface area contributed by atoms with Crippen LogP contribution in [0.3, 0.4) is 0 Å². The first kappa shape index (κ1) is 14.8. The van der Waals surface area contributed by atoms with Gasteiger partial charge in [-0.15, -0.1) is 0 Å². The van der Waals surface area contributed by atoms with Gasteiger partial charge < -0.3 is 16.0 Å². The third kappa shape index (κ3) is 5.11. The second-order valence-electron chi connectivity index (χ2n) is 6.35. The number of hydrogen-bond acceptors (Lipinski definition) is 3. The molecule has 1 unspecified atom stereocenters. The predicted octanol–water partition coefficient (Wildman–Crippen LogP) is 1.49. The van der Waals surface area contributed by atoms with Gasteiger partial charge in [0.25, 0.3) is 0 Å². The average Bonchev–Trinajstić information content (AvgIpc) is 3.24. The fourth-order valence-corrected chi connectivity index (χ4v) is 3.07. The highest BCUT2D eigenvalue weighted by Crippen LogP contribution is 2.27. The Hall–Kier alpha value is -0.610. The van der Waals surface area contributed by atoms with Crippen LogP contribution in [0, 0.1) is 5.92 Å². The number of carbonyl (C=O) groups excluding carboxylic acids is 1. The van der Waals surface area contributed by atoms with Crippen molar-refractivity contribution < 1.29 is 4.79 Å². The highest BCUT2D eigenvalue weighted by atomic mass is 16.2. The van der Waals surface area contributed by atoms with Crippen LogP contribution < -0.4 is 11.1 Å². The van der Waals surface area contributed by atoms with E-state index in [2.05, 4.69) is 17.3 Å². The van der Waals surface area contributed by atoms with Crippen molar-refractivity contribution >= 4 is 5.91 Å². The van der Waals surface area contributed by atoms with Crippen molar-refractivity contribution in [1.29, 1.82) is 0 Å². The maximum atomic E-state index is 11.9. The van der Waals surface area contributed by atoms with E-state index in [1.165, 1.54) is 44.9 Å². The van der Waals surface area contributed by atoms with E-state index in [1.807, 2.05) is 0 Å². The molecule has 0 aromatic rings. The van der Waals surface area contributed by atoms with Gasteiger partial charge in [0.05, 0.1) is 6.04 Å². The highest BCUT2D eigenvalue weighted by molar-refractivity contribution is 5.81. The lowest BCUT2D eigenvalue weighted by atomic mass is 9.85. The third-order valence-electron chi connectivity index (χ3n) is 4.58. The van der Waals surface area contributed by atoms with Crippen LogP contribution in [0.15, 0.2) is 0 Å². The standard InChI is InChI=1S/C15H29N3O/c1-18(13-7-8-13)10-9-17-15(19)14(16)11-12-5-3-2-4-6-12/h12-14H,2-11,16H2,1H3,(H,17,19). The second kappa shape index (κ2) is 7.25. The molecule has 2 rings (SSSR count). The number of carbonyl (C=O) groups is 1. The summed E-state index contributed by atoms with van der Waals surface area (Å²) in [5.74, 6) is 0.707. The molecule has 2 aliphatic rings. The summed E-state index contributed by atoms with van der Waals surface area (Å²) >= 11 is 0. The maximum Gasteiger partial charge on any atom is 0.236 e. The Morgan fingerprint density at radius 3 is 2.58 bits per heavy atom. The van der Waals surface area contributed by atoms with Gasteiger partial charge in [0.15, 0.2) is 0 Å². The zero-order valence-corrected chi connectivity index (χ0v) is 12.2. The zero-order chi connectivity index (χ0) is 13.7. The lowest BCUT2D eigenvalue weighted by Gasteiger charge is -2.24. The van der Waals surface area contributed by atoms with E-state index in [0.717, 1.165) is 25.6 Å². The summed E-state index contributed by atoms with van der Waals surface area (Å²) in [6, 6.07) is 0.446. The molecule has 2 fully saturated rings. The molecule has 1 amide bonds. The van der Waals surface area contributed by atoms with Gasteiger partial charge in [-0.3, -0.25) is 4.79 Å². The molecule has 4 nitrogen and oxygen atoms in total. The van der Waals surface area contributed by atoms with Crippen LogP contribution in [-0.2, 0) is 4.79 Å². The van der Waals surface area contributed by atoms with E-state index in [-0.39, 0.29) is 11.9 Å². The van der Waals surface area contributed by atoms with Crippen LogP contribution in [0.25, 0.3) is 0 Å². The van der Waals surface area contributed by atoms with E-state index >= 15 is 0 Å². The lowest BCUT2D eigenvalue weighted by molar-refractivity contribution is -0.122. The van der Waals surface area contributed by atoms with Crippen LogP contribution in [0.2, 0.25) is 0 Å². The van der Waals surface area contributed by atoms with E-state index in [0.29, 0.717) is 5.92 Å². The van der Waals surface area contributed by atoms with E-state index in [9.17, 15) is 4.79 Å². The molecule has 0 radical (unpaired) electrons. The fourth-order valence-electron chi connectivity index (χ4n) is 3.07. The molecule has 3 N–H and O–H groups in total. The molecule has 110 valence electrons. The number of nitrogens with two attached hydrogens (primary N) is 1. The SMILES string of the molecule is CN(CCNC(=O)C(N)CC1CCCCC1)C1CC1. The first-order chi connectivity index (χ1) is 9.16. The van der Waals surface area contributed by atoms with Crippen LogP contribution in [0.4, 0.5) is 0 Å². The van der Waals surface area contributed by atoms with Crippen LogP contribution in [-0.4, -0.2) is 43.0 Å². The maximum absolute atomic E-state index is 11.9. The van der Waals surface area contributed by atoms with Crippen LogP contribution >= 0.6 is 0 Å². The normalized spacial score (nSPS) is 22.5. The Kier molecular flexibility index (Phi) is 5.64. The first-order valence-electron chi connectivity index (χ1n) is 7.90. The largest absolute Gasteiger partial charge is 0.353 e. The second-order valence-corrected chi connectivity index (χ2v) is 6.35. The molecular weight excluding hydrogens is 238 g/mol. The summed E-state index contributed by atoms with van der Waals surface area (Å²) in [6.45, 7) is 1.66. The minimum atomic E-state index is -0.311. The summed E-state index contributed by atoms with van der Waals surface area (Å²) in [5.41, 5.74) is 6.01. The predicted molar refractivity (Wildman–Crippen MR) is 77.8 cm³/mol. The van der Waals surface area contributed by atoms with Gasteiger partial charge >= 0.3 is 0 Å². The third-order valence-corrected chi connectivity index (χ3v) is 4.58. The number of rotatable bonds is 7. The Labute approximate surface area is 117 Å². The van der Waals surface area contributed by atoms with Crippen molar-refractivity contribution in [2.45, 2.75) is 63.5 Å². The first-order valence-corrected chi connectivity index (χ1v) is 7.90. The summed E-state index contributed by atoms with van der Waals surface area (Å²) in [4.78, 5) is 14.3. The van der Waals surface area contributed by atoms with Crippen molar-refractivity contribution in [1.82, 2.24) is 10.2 Å². The number of nitrogens with one attached hydrogen (secondary N) is 1. The monoisotopic (exact) mass is 267 g/mol. The molecule has 1 atom stereocenters. The smallest absolute Gasteiger partial charge is 0.236 e. The van der Waals surface area contributed by atoms with Crippen molar-refractivity contribution in [3.8, 4) is 0 Å². The summed E-state index contributed by atoms with van der Waals surface area (Å²) in [7, 11) is 2.13. The van der Waals surface area contributed by atoms with Crippen molar-refractivity contribution in [2.75, 3.05) is 20.1 Å². The highest BCUT2D eigenvalue weighted by Gasteiger charge is 2.26. The number of likely N-dealkylation sites (N-methyl/N-ethyl adjacent to an activating group) is 1. The molecule has 2 saturated carbocycles. The van der Waals surface area contributed by atoms with E-state index < -0.39 is 0 Å². The Morgan fingerprint density at radius 2 is 1.95 bits per heavy atom. The molecule has 0 bridgehead atoms. The topological polar surface area (TPSA) is 58.4 Å². The Morgan fingerprint density at radius 1 is 1.26 bits per heavy atom. The molecule has 0 aromatic carbocycles.